The minimum atomic E-state index is -1.20. The molecule has 0 aliphatic heterocycles. The fourth-order valence-electron chi connectivity index (χ4n) is 8.82. The second kappa shape index (κ2) is 9.30. The van der Waals surface area contributed by atoms with Crippen LogP contribution in [0.1, 0.15) is 63.9 Å². The first-order chi connectivity index (χ1) is 18.1. The number of nitrogens with two attached hydrogens (primary N) is 1. The largest absolute Gasteiger partial charge is 0.489 e. The van der Waals surface area contributed by atoms with E-state index in [4.69, 9.17) is 19.9 Å². The Labute approximate surface area is 221 Å². The first kappa shape index (κ1) is 25.7. The van der Waals surface area contributed by atoms with E-state index >= 15 is 0 Å². The quantitative estimate of drug-likeness (QED) is 0.282. The molecule has 8 nitrogen and oxygen atoms in total. The molecule has 1 aromatic carbocycles. The Balaban J connectivity index is 1.05. The molecule has 0 unspecified atom stereocenters. The summed E-state index contributed by atoms with van der Waals surface area (Å²) in [5.41, 5.74) is 5.80. The second-order valence-electron chi connectivity index (χ2n) is 12.7. The zero-order valence-corrected chi connectivity index (χ0v) is 21.7. The molecule has 0 spiro atoms. The van der Waals surface area contributed by atoms with Crippen LogP contribution in [0.2, 0.25) is 0 Å². The summed E-state index contributed by atoms with van der Waals surface area (Å²) in [5, 5.41) is 9.56. The predicted octanol–water partition coefficient (Wildman–Crippen LogP) is 3.77. The zero-order chi connectivity index (χ0) is 26.8. The number of carboxylic acids is 1. The van der Waals surface area contributed by atoms with E-state index in [-0.39, 0.29) is 42.6 Å². The van der Waals surface area contributed by atoms with E-state index in [1.807, 2.05) is 0 Å². The first-order valence-corrected chi connectivity index (χ1v) is 13.9. The average molecular weight is 531 g/mol. The summed E-state index contributed by atoms with van der Waals surface area (Å²) in [6.07, 6.45) is 5.00. The Bertz CT molecular complexity index is 1090. The smallest absolute Gasteiger partial charge is 0.481 e. The maximum absolute atomic E-state index is 13.2. The van der Waals surface area contributed by atoms with Crippen LogP contribution < -0.4 is 5.73 Å². The molecule has 6 aliphatic rings. The lowest BCUT2D eigenvalue weighted by Crippen LogP contribution is -2.54. The molecule has 6 aliphatic carbocycles. The van der Waals surface area contributed by atoms with E-state index in [0.29, 0.717) is 24.2 Å². The number of esters is 2. The van der Waals surface area contributed by atoms with Crippen molar-refractivity contribution in [1.82, 2.24) is 0 Å². The molecule has 206 valence electrons. The number of rotatable bonds is 9. The summed E-state index contributed by atoms with van der Waals surface area (Å²) in [6, 6.07) is 5.91. The zero-order valence-electron chi connectivity index (χ0n) is 21.7. The Kier molecular flexibility index (Phi) is 6.30. The normalized spacial score (nSPS) is 40.9. The molecule has 4 N–H and O–H groups in total. The number of halogens is 1. The highest BCUT2D eigenvalue weighted by atomic mass is 19.1. The van der Waals surface area contributed by atoms with Crippen molar-refractivity contribution in [1.29, 1.82) is 0 Å². The molecule has 9 heteroatoms. The fourth-order valence-corrected chi connectivity index (χ4v) is 8.82. The van der Waals surface area contributed by atoms with Gasteiger partial charge >= 0.3 is 24.2 Å². The minimum Gasteiger partial charge on any atom is -0.481 e. The minimum absolute atomic E-state index is 0.0939. The highest BCUT2D eigenvalue weighted by Gasteiger charge is 2.74. The highest BCUT2D eigenvalue weighted by molar-refractivity contribution is 5.80. The molecule has 6 saturated carbocycles. The number of ether oxygens (including phenoxy) is 3. The van der Waals surface area contributed by atoms with Crippen molar-refractivity contribution in [3.63, 3.8) is 0 Å². The van der Waals surface area contributed by atoms with Gasteiger partial charge in [-0.2, -0.15) is 0 Å². The van der Waals surface area contributed by atoms with Gasteiger partial charge in [0.05, 0.1) is 30.1 Å². The van der Waals surface area contributed by atoms with E-state index in [0.717, 1.165) is 24.8 Å². The number of carboxylic acid groups (broad SMARTS) is 1. The molecular formula is C29H37FNO7+. The molecule has 38 heavy (non-hydrogen) atoms. The Morgan fingerprint density at radius 2 is 1.68 bits per heavy atom. The summed E-state index contributed by atoms with van der Waals surface area (Å²) in [7, 11) is 0. The van der Waals surface area contributed by atoms with Gasteiger partial charge < -0.3 is 25.1 Å². The predicted molar refractivity (Wildman–Crippen MR) is 133 cm³/mol. The number of hydrogen-bond donors (Lipinski definition) is 2. The van der Waals surface area contributed by atoms with E-state index < -0.39 is 35.2 Å². The average Bonchev–Trinajstić information content (AvgIpc) is 3.49. The van der Waals surface area contributed by atoms with Crippen LogP contribution >= 0.6 is 0 Å². The highest BCUT2D eigenvalue weighted by Crippen LogP contribution is 2.64. The number of aliphatic carboxylic acids is 1. The Morgan fingerprint density at radius 1 is 1.08 bits per heavy atom. The van der Waals surface area contributed by atoms with E-state index in [1.165, 1.54) is 31.4 Å². The van der Waals surface area contributed by atoms with Gasteiger partial charge in [-0.3, -0.25) is 14.3 Å². The summed E-state index contributed by atoms with van der Waals surface area (Å²) in [6.45, 7) is 1.78. The van der Waals surface area contributed by atoms with Crippen molar-refractivity contribution in [2.24, 2.45) is 46.7 Å². The van der Waals surface area contributed by atoms with Crippen LogP contribution in [-0.2, 0) is 30.4 Å². The van der Waals surface area contributed by atoms with E-state index in [2.05, 4.69) is 0 Å². The lowest BCUT2D eigenvalue weighted by atomic mass is 9.49. The van der Waals surface area contributed by atoms with Gasteiger partial charge in [0.15, 0.2) is 0 Å². The van der Waals surface area contributed by atoms with Gasteiger partial charge in [0, 0.05) is 12.8 Å². The standard InChI is InChI=1S/C29H36FNO7/c1-15(38-27(35)28-10-17-6-18(11-28)8-19(7-17)12-28)37-26(34)24-21-9-22(29(31,25(21)24)13-23(32)33)36-14-16-2-4-20(30)5-3-16/h2-5,15,17-19,21-22,24-25H,6-14,31H2,1H3,(H,32,33)/p+1/t15-,17?,18?,19?,21+,22-,24+,25+,28?,29+/m1/s1. The summed E-state index contributed by atoms with van der Waals surface area (Å²) >= 11 is 0. The van der Waals surface area contributed by atoms with Gasteiger partial charge in [0.1, 0.15) is 11.7 Å². The molecule has 4 bridgehead atoms. The summed E-state index contributed by atoms with van der Waals surface area (Å²) in [4.78, 5) is 35.7. The molecule has 0 aromatic heterocycles. The third-order valence-corrected chi connectivity index (χ3v) is 10.0. The van der Waals surface area contributed by atoms with Gasteiger partial charge in [0.2, 0.25) is 0 Å². The topological polar surface area (TPSA) is 129 Å². The third-order valence-electron chi connectivity index (χ3n) is 10.0. The number of carbonyl (C=O) groups is 2. The molecule has 1 aromatic rings. The van der Waals surface area contributed by atoms with Crippen molar-refractivity contribution in [2.45, 2.75) is 82.8 Å². The number of fused-ring (bicyclic) bond motifs is 1. The van der Waals surface area contributed by atoms with Crippen LogP contribution in [0.4, 0.5) is 4.39 Å². The van der Waals surface area contributed by atoms with Crippen molar-refractivity contribution < 1.29 is 38.1 Å². The van der Waals surface area contributed by atoms with Crippen LogP contribution in [0.25, 0.3) is 0 Å². The Morgan fingerprint density at radius 3 is 2.26 bits per heavy atom. The molecule has 0 amide bonds. The van der Waals surface area contributed by atoms with Gasteiger partial charge in [0.25, 0.3) is 0 Å². The molecule has 0 radical (unpaired) electrons. The SMILES string of the molecule is C[C@@H](OC(=O)C12CC3CC(CC(C3)C1)C2)OC(=[OH+])[C@H]1[C@@H]2C[C@@H](OCc3ccc(F)cc3)[C@@](N)(CC(=O)O)[C@@H]21. The van der Waals surface area contributed by atoms with Crippen LogP contribution in [-0.4, -0.2) is 45.7 Å². The molecular weight excluding hydrogens is 493 g/mol. The second-order valence-corrected chi connectivity index (χ2v) is 12.7. The molecule has 6 atom stereocenters. The van der Waals surface area contributed by atoms with Crippen molar-refractivity contribution >= 4 is 17.9 Å². The number of benzene rings is 1. The lowest BCUT2D eigenvalue weighted by Gasteiger charge is -2.55. The van der Waals surface area contributed by atoms with Crippen LogP contribution in [0.5, 0.6) is 0 Å². The van der Waals surface area contributed by atoms with E-state index in [9.17, 15) is 23.9 Å². The third kappa shape index (κ3) is 4.51. The summed E-state index contributed by atoms with van der Waals surface area (Å²) < 4.78 is 30.6. The van der Waals surface area contributed by atoms with Crippen molar-refractivity contribution in [3.05, 3.63) is 35.6 Å². The van der Waals surface area contributed by atoms with Gasteiger partial charge in [-0.15, -0.1) is 0 Å². The van der Waals surface area contributed by atoms with E-state index in [1.54, 1.807) is 19.1 Å². The Hall–Kier alpha value is -2.52. The van der Waals surface area contributed by atoms with Gasteiger partial charge in [-0.05, 0) is 86.3 Å². The molecule has 6 fully saturated rings. The molecule has 7 rings (SSSR count). The van der Waals surface area contributed by atoms with Gasteiger partial charge in [-0.25, -0.2) is 4.39 Å². The molecule has 0 saturated heterocycles. The van der Waals surface area contributed by atoms with Crippen molar-refractivity contribution in [3.8, 4) is 0 Å². The maximum Gasteiger partial charge on any atom is 0.489 e. The molecule has 0 heterocycles. The monoisotopic (exact) mass is 530 g/mol. The van der Waals surface area contributed by atoms with Crippen LogP contribution in [0.15, 0.2) is 24.3 Å². The fraction of sp³-hybridized carbons (Fsp3) is 0.690. The lowest BCUT2D eigenvalue weighted by molar-refractivity contribution is -0.190. The van der Waals surface area contributed by atoms with Crippen LogP contribution in [0, 0.1) is 46.7 Å². The number of carbonyl (C=O) groups excluding carboxylic acids is 2. The van der Waals surface area contributed by atoms with Gasteiger partial charge in [-0.1, -0.05) is 12.1 Å². The number of hydrogen-bond acceptors (Lipinski definition) is 6. The maximum atomic E-state index is 13.2. The van der Waals surface area contributed by atoms with Crippen LogP contribution in [0.3, 0.4) is 0 Å². The first-order valence-electron chi connectivity index (χ1n) is 13.9. The van der Waals surface area contributed by atoms with Crippen molar-refractivity contribution in [2.75, 3.05) is 0 Å². The summed E-state index contributed by atoms with van der Waals surface area (Å²) in [5.74, 6) is -0.904.